The highest BCUT2D eigenvalue weighted by molar-refractivity contribution is 5.81. The van der Waals surface area contributed by atoms with Gasteiger partial charge in [-0.3, -0.25) is 0 Å². The lowest BCUT2D eigenvalue weighted by atomic mass is 10.2. The number of fused-ring (bicyclic) bond motifs is 1. The van der Waals surface area contributed by atoms with E-state index in [2.05, 4.69) is 17.7 Å². The quantitative estimate of drug-likeness (QED) is 0.746. The molecular formula is C11H13NO. The lowest BCUT2D eigenvalue weighted by Gasteiger charge is -2.02. The molecular weight excluding hydrogens is 162 g/mol. The van der Waals surface area contributed by atoms with Gasteiger partial charge in [-0.2, -0.15) is 0 Å². The number of phenolic OH excluding ortho intramolecular Hbond substituents is 1. The van der Waals surface area contributed by atoms with Gasteiger partial charge in [0, 0.05) is 23.6 Å². The van der Waals surface area contributed by atoms with Crippen molar-refractivity contribution in [3.05, 3.63) is 30.5 Å². The Kier molecular flexibility index (Phi) is 1.97. The summed E-state index contributed by atoms with van der Waals surface area (Å²) in [5, 5.41) is 10.4. The van der Waals surface area contributed by atoms with Crippen LogP contribution in [0.25, 0.3) is 10.9 Å². The van der Waals surface area contributed by atoms with Gasteiger partial charge in [-0.05, 0) is 30.7 Å². The molecule has 2 nitrogen and oxygen atoms in total. The first kappa shape index (κ1) is 8.17. The SMILES string of the molecule is CCCn1ccc2cc(O)ccc21. The second-order valence-electron chi connectivity index (χ2n) is 3.25. The summed E-state index contributed by atoms with van der Waals surface area (Å²) in [6.07, 6.45) is 3.19. The number of hydrogen-bond donors (Lipinski definition) is 1. The van der Waals surface area contributed by atoms with Crippen molar-refractivity contribution >= 4 is 10.9 Å². The van der Waals surface area contributed by atoms with Crippen LogP contribution in [0.15, 0.2) is 30.5 Å². The van der Waals surface area contributed by atoms with E-state index in [9.17, 15) is 5.11 Å². The molecule has 0 spiro atoms. The molecule has 1 N–H and O–H groups in total. The van der Waals surface area contributed by atoms with Crippen LogP contribution in [0.4, 0.5) is 0 Å². The highest BCUT2D eigenvalue weighted by Crippen LogP contribution is 2.20. The van der Waals surface area contributed by atoms with Crippen molar-refractivity contribution in [3.8, 4) is 5.75 Å². The van der Waals surface area contributed by atoms with E-state index in [4.69, 9.17) is 0 Å². The summed E-state index contributed by atoms with van der Waals surface area (Å²) in [5.74, 6) is 0.335. The molecule has 0 bridgehead atoms. The highest BCUT2D eigenvalue weighted by Gasteiger charge is 1.99. The van der Waals surface area contributed by atoms with Crippen LogP contribution in [0.3, 0.4) is 0 Å². The second kappa shape index (κ2) is 3.13. The van der Waals surface area contributed by atoms with Crippen LogP contribution in [0, 0.1) is 0 Å². The maximum absolute atomic E-state index is 9.26. The summed E-state index contributed by atoms with van der Waals surface area (Å²) < 4.78 is 2.20. The van der Waals surface area contributed by atoms with Gasteiger partial charge in [0.05, 0.1) is 0 Å². The minimum absolute atomic E-state index is 0.335. The standard InChI is InChI=1S/C11H13NO/c1-2-6-12-7-5-9-8-10(13)3-4-11(9)12/h3-5,7-8,13H,2,6H2,1H3. The lowest BCUT2D eigenvalue weighted by molar-refractivity contribution is 0.476. The van der Waals surface area contributed by atoms with Crippen LogP contribution in [-0.4, -0.2) is 9.67 Å². The van der Waals surface area contributed by atoms with Crippen LogP contribution in [-0.2, 0) is 6.54 Å². The van der Waals surface area contributed by atoms with Gasteiger partial charge in [0.15, 0.2) is 0 Å². The van der Waals surface area contributed by atoms with Gasteiger partial charge in [-0.1, -0.05) is 6.92 Å². The topological polar surface area (TPSA) is 25.2 Å². The number of rotatable bonds is 2. The summed E-state index contributed by atoms with van der Waals surface area (Å²) in [7, 11) is 0. The Morgan fingerprint density at radius 3 is 2.92 bits per heavy atom. The molecule has 0 aliphatic carbocycles. The number of hydrogen-bond acceptors (Lipinski definition) is 1. The van der Waals surface area contributed by atoms with Crippen LogP contribution in [0.2, 0.25) is 0 Å². The van der Waals surface area contributed by atoms with Crippen LogP contribution < -0.4 is 0 Å². The molecule has 0 aliphatic rings. The van der Waals surface area contributed by atoms with Crippen LogP contribution in [0.5, 0.6) is 5.75 Å². The van der Waals surface area contributed by atoms with E-state index >= 15 is 0 Å². The fourth-order valence-electron chi connectivity index (χ4n) is 1.62. The summed E-state index contributed by atoms with van der Waals surface area (Å²) in [6, 6.07) is 7.51. The summed E-state index contributed by atoms with van der Waals surface area (Å²) in [6.45, 7) is 3.19. The van der Waals surface area contributed by atoms with Gasteiger partial charge in [0.2, 0.25) is 0 Å². The minimum Gasteiger partial charge on any atom is -0.508 e. The molecule has 0 saturated heterocycles. The summed E-state index contributed by atoms with van der Waals surface area (Å²) in [4.78, 5) is 0. The molecule has 0 radical (unpaired) electrons. The Hall–Kier alpha value is -1.44. The van der Waals surface area contributed by atoms with Crippen molar-refractivity contribution in [2.75, 3.05) is 0 Å². The summed E-state index contributed by atoms with van der Waals surface area (Å²) in [5.41, 5.74) is 1.19. The Morgan fingerprint density at radius 1 is 1.31 bits per heavy atom. The highest BCUT2D eigenvalue weighted by atomic mass is 16.3. The largest absolute Gasteiger partial charge is 0.508 e. The molecule has 68 valence electrons. The molecule has 0 saturated carbocycles. The third kappa shape index (κ3) is 1.39. The fraction of sp³-hybridized carbons (Fsp3) is 0.273. The van der Waals surface area contributed by atoms with Crippen molar-refractivity contribution in [1.29, 1.82) is 0 Å². The van der Waals surface area contributed by atoms with E-state index in [0.717, 1.165) is 18.4 Å². The molecule has 1 heterocycles. The zero-order chi connectivity index (χ0) is 9.26. The first-order valence-corrected chi connectivity index (χ1v) is 4.59. The second-order valence-corrected chi connectivity index (χ2v) is 3.25. The Morgan fingerprint density at radius 2 is 2.15 bits per heavy atom. The van der Waals surface area contributed by atoms with Crippen molar-refractivity contribution < 1.29 is 5.11 Å². The predicted molar refractivity (Wildman–Crippen MR) is 53.9 cm³/mol. The third-order valence-electron chi connectivity index (χ3n) is 2.22. The zero-order valence-corrected chi connectivity index (χ0v) is 7.70. The van der Waals surface area contributed by atoms with Crippen molar-refractivity contribution in [2.45, 2.75) is 19.9 Å². The molecule has 1 aromatic heterocycles. The maximum atomic E-state index is 9.26. The van der Waals surface area contributed by atoms with E-state index in [0.29, 0.717) is 5.75 Å². The van der Waals surface area contributed by atoms with Gasteiger partial charge < -0.3 is 9.67 Å². The van der Waals surface area contributed by atoms with Gasteiger partial charge in [0.25, 0.3) is 0 Å². The number of aromatic nitrogens is 1. The van der Waals surface area contributed by atoms with Crippen molar-refractivity contribution in [3.63, 3.8) is 0 Å². The average molecular weight is 175 g/mol. The first-order chi connectivity index (χ1) is 6.31. The van der Waals surface area contributed by atoms with Crippen LogP contribution in [0.1, 0.15) is 13.3 Å². The van der Waals surface area contributed by atoms with E-state index in [1.807, 2.05) is 12.1 Å². The molecule has 2 aromatic rings. The molecule has 0 amide bonds. The number of aromatic hydroxyl groups is 1. The molecule has 2 rings (SSSR count). The molecule has 13 heavy (non-hydrogen) atoms. The number of phenols is 1. The van der Waals surface area contributed by atoms with Gasteiger partial charge in [-0.15, -0.1) is 0 Å². The van der Waals surface area contributed by atoms with E-state index < -0.39 is 0 Å². The van der Waals surface area contributed by atoms with E-state index in [1.54, 1.807) is 12.1 Å². The molecule has 0 aliphatic heterocycles. The maximum Gasteiger partial charge on any atom is 0.116 e. The zero-order valence-electron chi connectivity index (χ0n) is 7.70. The lowest BCUT2D eigenvalue weighted by Crippen LogP contribution is -1.92. The van der Waals surface area contributed by atoms with E-state index in [1.165, 1.54) is 5.52 Å². The van der Waals surface area contributed by atoms with Crippen molar-refractivity contribution in [1.82, 2.24) is 4.57 Å². The molecule has 0 atom stereocenters. The molecule has 0 fully saturated rings. The first-order valence-electron chi connectivity index (χ1n) is 4.59. The monoisotopic (exact) mass is 175 g/mol. The molecule has 2 heteroatoms. The smallest absolute Gasteiger partial charge is 0.116 e. The van der Waals surface area contributed by atoms with E-state index in [-0.39, 0.29) is 0 Å². The number of nitrogens with zero attached hydrogens (tertiary/aromatic N) is 1. The molecule has 1 aromatic carbocycles. The third-order valence-corrected chi connectivity index (χ3v) is 2.22. The Balaban J connectivity index is 2.55. The number of benzene rings is 1. The molecule has 0 unspecified atom stereocenters. The minimum atomic E-state index is 0.335. The Bertz CT molecular complexity index is 417. The van der Waals surface area contributed by atoms with Gasteiger partial charge in [-0.25, -0.2) is 0 Å². The van der Waals surface area contributed by atoms with Crippen LogP contribution >= 0.6 is 0 Å². The summed E-state index contributed by atoms with van der Waals surface area (Å²) >= 11 is 0. The van der Waals surface area contributed by atoms with Gasteiger partial charge in [0.1, 0.15) is 5.75 Å². The van der Waals surface area contributed by atoms with Crippen molar-refractivity contribution in [2.24, 2.45) is 0 Å². The normalized spacial score (nSPS) is 10.8. The average Bonchev–Trinajstić information content (AvgIpc) is 2.49. The fourth-order valence-corrected chi connectivity index (χ4v) is 1.62. The Labute approximate surface area is 77.4 Å². The predicted octanol–water partition coefficient (Wildman–Crippen LogP) is 2.76. The van der Waals surface area contributed by atoms with Gasteiger partial charge >= 0.3 is 0 Å². The number of aryl methyl sites for hydroxylation is 1.